The average molecular weight is 314 g/mol. The molecule has 23 heavy (non-hydrogen) atoms. The molecule has 0 fully saturated rings. The van der Waals surface area contributed by atoms with E-state index >= 15 is 0 Å². The van der Waals surface area contributed by atoms with E-state index in [1.807, 2.05) is 0 Å². The molecule has 118 valence electrons. The van der Waals surface area contributed by atoms with Gasteiger partial charge in [-0.15, -0.1) is 5.10 Å². The van der Waals surface area contributed by atoms with Crippen LogP contribution in [-0.2, 0) is 17.9 Å². The van der Waals surface area contributed by atoms with E-state index < -0.39 is 0 Å². The fraction of sp³-hybridized carbons (Fsp3) is 0.188. The van der Waals surface area contributed by atoms with E-state index in [4.69, 9.17) is 0 Å². The first-order valence-corrected chi connectivity index (χ1v) is 7.07. The molecule has 0 N–H and O–H groups in total. The molecule has 0 radical (unpaired) electrons. The number of carbonyl (C=O) groups excluding carboxylic acids is 1. The largest absolute Gasteiger partial charge is 0.350 e. The normalized spacial score (nSPS) is 10.9. The third-order valence-corrected chi connectivity index (χ3v) is 3.53. The minimum absolute atomic E-state index is 0.141. The Balaban J connectivity index is 1.73. The lowest BCUT2D eigenvalue weighted by Gasteiger charge is -2.16. The zero-order chi connectivity index (χ0) is 16.4. The van der Waals surface area contributed by atoms with Crippen molar-refractivity contribution in [2.45, 2.75) is 13.1 Å². The predicted molar refractivity (Wildman–Crippen MR) is 82.3 cm³/mol. The summed E-state index contributed by atoms with van der Waals surface area (Å²) >= 11 is 0. The lowest BCUT2D eigenvalue weighted by molar-refractivity contribution is -0.131. The van der Waals surface area contributed by atoms with Crippen LogP contribution in [0.3, 0.4) is 0 Å². The van der Waals surface area contributed by atoms with E-state index in [0.29, 0.717) is 12.2 Å². The number of likely N-dealkylation sites (N-methyl/N-ethyl adjacent to an activating group) is 1. The Kier molecular flexibility index (Phi) is 3.92. The van der Waals surface area contributed by atoms with Gasteiger partial charge in [0.2, 0.25) is 5.91 Å². The molecule has 0 aliphatic rings. The second kappa shape index (κ2) is 6.04. The summed E-state index contributed by atoms with van der Waals surface area (Å²) in [6.07, 6.45) is 1.61. The molecule has 7 heteroatoms. The quantitative estimate of drug-likeness (QED) is 0.729. The number of halogens is 1. The highest BCUT2D eigenvalue weighted by molar-refractivity contribution is 5.75. The van der Waals surface area contributed by atoms with Gasteiger partial charge in [-0.3, -0.25) is 9.20 Å². The number of benzene rings is 1. The fourth-order valence-corrected chi connectivity index (χ4v) is 2.27. The van der Waals surface area contributed by atoms with Gasteiger partial charge >= 0.3 is 5.69 Å². The number of nitrogens with zero attached hydrogens (tertiary/aromatic N) is 4. The van der Waals surface area contributed by atoms with Crippen LogP contribution in [0.1, 0.15) is 5.56 Å². The number of hydrogen-bond acceptors (Lipinski definition) is 3. The number of amides is 1. The second-order valence-corrected chi connectivity index (χ2v) is 5.25. The molecule has 2 aromatic heterocycles. The van der Waals surface area contributed by atoms with Crippen molar-refractivity contribution in [1.29, 1.82) is 0 Å². The number of pyridine rings is 1. The topological polar surface area (TPSA) is 59.6 Å². The summed E-state index contributed by atoms with van der Waals surface area (Å²) in [4.78, 5) is 25.9. The summed E-state index contributed by atoms with van der Waals surface area (Å²) in [6, 6.07) is 11.1. The second-order valence-electron chi connectivity index (χ2n) is 5.25. The van der Waals surface area contributed by atoms with Gasteiger partial charge < -0.3 is 4.90 Å². The first-order valence-electron chi connectivity index (χ1n) is 7.07. The van der Waals surface area contributed by atoms with Crippen LogP contribution in [0.25, 0.3) is 5.65 Å². The van der Waals surface area contributed by atoms with Crippen molar-refractivity contribution in [2.24, 2.45) is 0 Å². The van der Waals surface area contributed by atoms with Crippen molar-refractivity contribution in [3.05, 3.63) is 70.5 Å². The molecule has 3 rings (SSSR count). The van der Waals surface area contributed by atoms with Crippen LogP contribution in [0.15, 0.2) is 53.5 Å². The van der Waals surface area contributed by atoms with Crippen molar-refractivity contribution in [3.8, 4) is 0 Å². The van der Waals surface area contributed by atoms with E-state index in [1.165, 1.54) is 21.4 Å². The molecule has 0 saturated carbocycles. The highest BCUT2D eigenvalue weighted by Crippen LogP contribution is 2.06. The molecule has 0 saturated heterocycles. The van der Waals surface area contributed by atoms with E-state index in [0.717, 1.165) is 10.2 Å². The molecular formula is C16H15FN4O2. The van der Waals surface area contributed by atoms with Crippen molar-refractivity contribution >= 4 is 11.6 Å². The van der Waals surface area contributed by atoms with E-state index in [-0.39, 0.29) is 24.0 Å². The fourth-order valence-electron chi connectivity index (χ4n) is 2.27. The van der Waals surface area contributed by atoms with E-state index in [1.54, 1.807) is 43.6 Å². The van der Waals surface area contributed by atoms with Crippen LogP contribution in [0.5, 0.6) is 0 Å². The average Bonchev–Trinajstić information content (AvgIpc) is 2.86. The summed E-state index contributed by atoms with van der Waals surface area (Å²) in [5.41, 5.74) is 0.945. The first-order chi connectivity index (χ1) is 11.0. The highest BCUT2D eigenvalue weighted by atomic mass is 19.1. The number of hydrogen-bond donors (Lipinski definition) is 0. The molecule has 1 amide bonds. The van der Waals surface area contributed by atoms with Gasteiger partial charge in [-0.1, -0.05) is 18.2 Å². The van der Waals surface area contributed by atoms with Gasteiger partial charge in [0.25, 0.3) is 0 Å². The molecule has 6 nitrogen and oxygen atoms in total. The lowest BCUT2D eigenvalue weighted by atomic mass is 10.2. The summed E-state index contributed by atoms with van der Waals surface area (Å²) in [6.45, 7) is 0.194. The van der Waals surface area contributed by atoms with Gasteiger partial charge in [0.05, 0.1) is 0 Å². The van der Waals surface area contributed by atoms with Crippen molar-refractivity contribution in [1.82, 2.24) is 19.1 Å². The monoisotopic (exact) mass is 314 g/mol. The van der Waals surface area contributed by atoms with Crippen molar-refractivity contribution < 1.29 is 9.18 Å². The number of fused-ring (bicyclic) bond motifs is 1. The van der Waals surface area contributed by atoms with Crippen LogP contribution in [0.2, 0.25) is 0 Å². The molecule has 0 atom stereocenters. The summed E-state index contributed by atoms with van der Waals surface area (Å²) in [7, 11) is 1.63. The van der Waals surface area contributed by atoms with Crippen LogP contribution in [0, 0.1) is 5.82 Å². The third kappa shape index (κ3) is 3.13. The Morgan fingerprint density at radius 2 is 1.96 bits per heavy atom. The number of rotatable bonds is 4. The molecule has 3 aromatic rings. The van der Waals surface area contributed by atoms with Gasteiger partial charge in [-0.25, -0.2) is 13.9 Å². The van der Waals surface area contributed by atoms with Crippen LogP contribution in [0.4, 0.5) is 4.39 Å². The van der Waals surface area contributed by atoms with Crippen LogP contribution >= 0.6 is 0 Å². The molecule has 0 aliphatic heterocycles. The maximum Gasteiger partial charge on any atom is 0.350 e. The zero-order valence-corrected chi connectivity index (χ0v) is 12.5. The van der Waals surface area contributed by atoms with Gasteiger partial charge in [0.15, 0.2) is 5.65 Å². The molecular weight excluding hydrogens is 299 g/mol. The molecule has 0 aliphatic carbocycles. The molecule has 0 bridgehead atoms. The minimum atomic E-state index is -0.357. The van der Waals surface area contributed by atoms with Gasteiger partial charge in [0, 0.05) is 19.8 Å². The lowest BCUT2D eigenvalue weighted by Crippen LogP contribution is -2.33. The van der Waals surface area contributed by atoms with E-state index in [9.17, 15) is 14.0 Å². The Morgan fingerprint density at radius 3 is 2.65 bits per heavy atom. The third-order valence-electron chi connectivity index (χ3n) is 3.53. The first kappa shape index (κ1) is 15.0. The highest BCUT2D eigenvalue weighted by Gasteiger charge is 2.14. The van der Waals surface area contributed by atoms with Gasteiger partial charge in [0.1, 0.15) is 12.4 Å². The van der Waals surface area contributed by atoms with Crippen molar-refractivity contribution in [3.63, 3.8) is 0 Å². The maximum absolute atomic E-state index is 12.9. The number of carbonyl (C=O) groups is 1. The van der Waals surface area contributed by atoms with Crippen molar-refractivity contribution in [2.75, 3.05) is 7.05 Å². The predicted octanol–water partition coefficient (Wildman–Crippen LogP) is 1.29. The molecule has 0 unspecified atom stereocenters. The van der Waals surface area contributed by atoms with Crippen LogP contribution in [-0.4, -0.2) is 32.0 Å². The minimum Gasteiger partial charge on any atom is -0.340 e. The summed E-state index contributed by atoms with van der Waals surface area (Å²) < 4.78 is 15.4. The SMILES string of the molecule is CN(Cc1ccc(F)cc1)C(=O)Cn1nc2ccccn2c1=O. The standard InChI is InChI=1S/C16H15FN4O2/c1-19(10-12-5-7-13(17)8-6-12)15(22)11-21-16(23)20-9-3-2-4-14(20)18-21/h2-9H,10-11H2,1H3. The Labute approximate surface area is 131 Å². The Morgan fingerprint density at radius 1 is 1.22 bits per heavy atom. The molecule has 2 heterocycles. The Hall–Kier alpha value is -2.96. The Bertz CT molecular complexity index is 898. The van der Waals surface area contributed by atoms with Gasteiger partial charge in [-0.05, 0) is 29.8 Å². The van der Waals surface area contributed by atoms with E-state index in [2.05, 4.69) is 5.10 Å². The smallest absolute Gasteiger partial charge is 0.340 e. The maximum atomic E-state index is 12.9. The van der Waals surface area contributed by atoms with Crippen LogP contribution < -0.4 is 5.69 Å². The van der Waals surface area contributed by atoms with Gasteiger partial charge in [-0.2, -0.15) is 0 Å². The molecule has 0 spiro atoms. The summed E-state index contributed by atoms with van der Waals surface area (Å²) in [5.74, 6) is -0.571. The number of aromatic nitrogens is 3. The summed E-state index contributed by atoms with van der Waals surface area (Å²) in [5, 5.41) is 4.12. The molecule has 1 aromatic carbocycles. The zero-order valence-electron chi connectivity index (χ0n) is 12.5.